The lowest BCUT2D eigenvalue weighted by Crippen LogP contribution is -1.95. The Morgan fingerprint density at radius 1 is 0.457 bits per heavy atom. The van der Waals surface area contributed by atoms with Crippen molar-refractivity contribution in [2.75, 3.05) is 0 Å². The molecule has 0 unspecified atom stereocenters. The molecule has 0 aliphatic heterocycles. The van der Waals surface area contributed by atoms with Crippen LogP contribution in [0.2, 0.25) is 0 Å². The highest BCUT2D eigenvalue weighted by molar-refractivity contribution is 6.27. The number of rotatable bonds is 2. The first-order valence-corrected chi connectivity index (χ1v) is 11.8. The van der Waals surface area contributed by atoms with E-state index in [1.165, 1.54) is 46.2 Å². The zero-order valence-electron chi connectivity index (χ0n) is 19.1. The molecule has 0 nitrogen and oxygen atoms in total. The van der Waals surface area contributed by atoms with Crippen LogP contribution >= 0.6 is 0 Å². The topological polar surface area (TPSA) is 0 Å². The summed E-state index contributed by atoms with van der Waals surface area (Å²) in [6.45, 7) is 2.12. The maximum absolute atomic E-state index is 14.0. The monoisotopic (exact) mass is 454 g/mol. The van der Waals surface area contributed by atoms with E-state index in [4.69, 9.17) is 0 Å². The van der Waals surface area contributed by atoms with E-state index in [1.807, 2.05) is 24.3 Å². The van der Waals surface area contributed by atoms with Gasteiger partial charge in [-0.15, -0.1) is 0 Å². The summed E-state index contributed by atoms with van der Waals surface area (Å²) in [7, 11) is 0. The molecule has 6 aromatic carbocycles. The van der Waals surface area contributed by atoms with Crippen molar-refractivity contribution in [2.24, 2.45) is 0 Å². The number of benzene rings is 6. The second-order valence-electron chi connectivity index (χ2n) is 9.22. The lowest BCUT2D eigenvalue weighted by molar-refractivity contribution is 0.627. The second-order valence-corrected chi connectivity index (χ2v) is 9.22. The number of hydrogen-bond acceptors (Lipinski definition) is 0. The molecular formula is C33H20F2. The van der Waals surface area contributed by atoms with Gasteiger partial charge in [0.05, 0.1) is 0 Å². The molecule has 0 N–H and O–H groups in total. The number of halogens is 2. The van der Waals surface area contributed by atoms with Crippen LogP contribution < -0.4 is 0 Å². The van der Waals surface area contributed by atoms with E-state index in [0.717, 1.165) is 49.7 Å². The van der Waals surface area contributed by atoms with Gasteiger partial charge >= 0.3 is 0 Å². The molecule has 35 heavy (non-hydrogen) atoms. The molecule has 166 valence electrons. The van der Waals surface area contributed by atoms with Crippen LogP contribution in [0.15, 0.2) is 103 Å². The van der Waals surface area contributed by atoms with Gasteiger partial charge < -0.3 is 0 Å². The molecule has 0 atom stereocenters. The van der Waals surface area contributed by atoms with Crippen LogP contribution in [-0.2, 0) is 0 Å². The summed E-state index contributed by atoms with van der Waals surface area (Å²) in [5.41, 5.74) is 10.0. The quantitative estimate of drug-likeness (QED) is 0.244. The van der Waals surface area contributed by atoms with Crippen LogP contribution in [0.4, 0.5) is 8.78 Å². The molecule has 0 amide bonds. The van der Waals surface area contributed by atoms with Gasteiger partial charge in [-0.1, -0.05) is 78.9 Å². The summed E-state index contributed by atoms with van der Waals surface area (Å²) < 4.78 is 27.9. The van der Waals surface area contributed by atoms with Crippen molar-refractivity contribution >= 4 is 21.5 Å². The van der Waals surface area contributed by atoms with Gasteiger partial charge in [0, 0.05) is 0 Å². The van der Waals surface area contributed by atoms with Crippen molar-refractivity contribution in [1.82, 2.24) is 0 Å². The third-order valence-corrected chi connectivity index (χ3v) is 7.25. The summed E-state index contributed by atoms with van der Waals surface area (Å²) in [6, 6.07) is 32.8. The van der Waals surface area contributed by atoms with Crippen LogP contribution in [-0.4, -0.2) is 0 Å². The Morgan fingerprint density at radius 3 is 1.57 bits per heavy atom. The molecule has 0 saturated heterocycles. The molecular weight excluding hydrogens is 434 g/mol. The minimum atomic E-state index is -0.251. The maximum Gasteiger partial charge on any atom is 0.123 e. The molecule has 0 radical (unpaired) electrons. The second kappa shape index (κ2) is 7.35. The van der Waals surface area contributed by atoms with Crippen LogP contribution in [0.5, 0.6) is 0 Å². The molecule has 6 aromatic rings. The fraction of sp³-hybridized carbons (Fsp3) is 0.0303. The molecule has 1 aliphatic rings. The SMILES string of the molecule is Cc1cccc2c(-c3ccc(F)cc3)c3c(c(-c4ccc(F)cc4)c12)-c1cccc2cccc-3c12. The average molecular weight is 455 g/mol. The molecule has 0 saturated carbocycles. The van der Waals surface area contributed by atoms with Crippen molar-refractivity contribution < 1.29 is 8.78 Å². The van der Waals surface area contributed by atoms with Gasteiger partial charge in [-0.2, -0.15) is 0 Å². The van der Waals surface area contributed by atoms with Gasteiger partial charge in [-0.25, -0.2) is 8.78 Å². The zero-order valence-corrected chi connectivity index (χ0v) is 19.1. The first-order valence-electron chi connectivity index (χ1n) is 11.8. The van der Waals surface area contributed by atoms with Gasteiger partial charge in [0.25, 0.3) is 0 Å². The highest BCUT2D eigenvalue weighted by Crippen LogP contribution is 2.57. The standard InChI is InChI=1S/C33H20F2/c1-19-5-2-8-25-28(19)31(22-13-17-24(35)18-14-22)33-27-10-4-7-20-6-3-9-26(29(20)27)32(33)30(25)21-11-15-23(34)16-12-21/h2-18H,1H3. The lowest BCUT2D eigenvalue weighted by atomic mass is 9.81. The predicted molar refractivity (Wildman–Crippen MR) is 141 cm³/mol. The van der Waals surface area contributed by atoms with Crippen molar-refractivity contribution in [3.8, 4) is 44.5 Å². The van der Waals surface area contributed by atoms with E-state index >= 15 is 0 Å². The minimum absolute atomic E-state index is 0.250. The Morgan fingerprint density at radius 2 is 0.971 bits per heavy atom. The first-order chi connectivity index (χ1) is 17.1. The van der Waals surface area contributed by atoms with Crippen molar-refractivity contribution in [2.45, 2.75) is 6.92 Å². The molecule has 0 heterocycles. The molecule has 0 aromatic heterocycles. The van der Waals surface area contributed by atoms with Crippen molar-refractivity contribution in [3.05, 3.63) is 120 Å². The van der Waals surface area contributed by atoms with Crippen molar-refractivity contribution in [3.63, 3.8) is 0 Å². The predicted octanol–water partition coefficient (Wildman–Crippen LogP) is 9.56. The Labute approximate surface area is 202 Å². The Kier molecular flexibility index (Phi) is 4.22. The zero-order chi connectivity index (χ0) is 23.7. The Hall–Kier alpha value is -4.30. The van der Waals surface area contributed by atoms with E-state index in [-0.39, 0.29) is 11.6 Å². The fourth-order valence-electron chi connectivity index (χ4n) is 5.84. The summed E-state index contributed by atoms with van der Waals surface area (Å²) >= 11 is 0. The van der Waals surface area contributed by atoms with E-state index in [9.17, 15) is 8.78 Å². The third-order valence-electron chi connectivity index (χ3n) is 7.25. The fourth-order valence-corrected chi connectivity index (χ4v) is 5.84. The van der Waals surface area contributed by atoms with Crippen LogP contribution in [0, 0.1) is 18.6 Å². The summed E-state index contributed by atoms with van der Waals surface area (Å²) in [5.74, 6) is -0.501. The lowest BCUT2D eigenvalue weighted by Gasteiger charge is -2.21. The largest absolute Gasteiger partial charge is 0.207 e. The molecule has 7 rings (SSSR count). The first kappa shape index (κ1) is 20.1. The summed E-state index contributed by atoms with van der Waals surface area (Å²) in [6.07, 6.45) is 0. The molecule has 1 aliphatic carbocycles. The summed E-state index contributed by atoms with van der Waals surface area (Å²) in [5, 5.41) is 4.67. The van der Waals surface area contributed by atoms with E-state index in [0.29, 0.717) is 0 Å². The Balaban J connectivity index is 1.76. The highest BCUT2D eigenvalue weighted by atomic mass is 19.1. The smallest absolute Gasteiger partial charge is 0.123 e. The van der Waals surface area contributed by atoms with Crippen LogP contribution in [0.25, 0.3) is 66.1 Å². The average Bonchev–Trinajstić information content (AvgIpc) is 3.20. The van der Waals surface area contributed by atoms with Gasteiger partial charge in [0.1, 0.15) is 11.6 Å². The van der Waals surface area contributed by atoms with Crippen molar-refractivity contribution in [1.29, 1.82) is 0 Å². The number of fused-ring (bicyclic) bond motifs is 4. The van der Waals surface area contributed by atoms with Crippen LogP contribution in [0.1, 0.15) is 5.56 Å². The van der Waals surface area contributed by atoms with E-state index in [2.05, 4.69) is 61.5 Å². The van der Waals surface area contributed by atoms with Gasteiger partial charge in [-0.3, -0.25) is 0 Å². The van der Waals surface area contributed by atoms with Crippen LogP contribution in [0.3, 0.4) is 0 Å². The molecule has 2 heteroatoms. The number of aryl methyl sites for hydroxylation is 1. The van der Waals surface area contributed by atoms with Gasteiger partial charge in [-0.05, 0) is 103 Å². The minimum Gasteiger partial charge on any atom is -0.207 e. The van der Waals surface area contributed by atoms with Gasteiger partial charge in [0.2, 0.25) is 0 Å². The van der Waals surface area contributed by atoms with E-state index < -0.39 is 0 Å². The maximum atomic E-state index is 14.0. The number of hydrogen-bond donors (Lipinski definition) is 0. The molecule has 0 fully saturated rings. The Bertz CT molecular complexity index is 1790. The van der Waals surface area contributed by atoms with E-state index in [1.54, 1.807) is 0 Å². The highest BCUT2D eigenvalue weighted by Gasteiger charge is 2.30. The summed E-state index contributed by atoms with van der Waals surface area (Å²) in [4.78, 5) is 0. The molecule has 0 bridgehead atoms. The van der Waals surface area contributed by atoms with Gasteiger partial charge in [0.15, 0.2) is 0 Å². The third kappa shape index (κ3) is 2.83. The molecule has 0 spiro atoms. The normalized spacial score (nSPS) is 11.9.